The number of hydrogen-bond donors (Lipinski definition) is 2. The third-order valence-corrected chi connectivity index (χ3v) is 4.70. The summed E-state index contributed by atoms with van der Waals surface area (Å²) in [7, 11) is 0. The number of amides is 1. The lowest BCUT2D eigenvalue weighted by molar-refractivity contribution is 0.0950. The van der Waals surface area contributed by atoms with E-state index in [1.54, 1.807) is 18.3 Å². The van der Waals surface area contributed by atoms with Gasteiger partial charge in [0.15, 0.2) is 11.5 Å². The lowest BCUT2D eigenvalue weighted by atomic mass is 10.1. The highest BCUT2D eigenvalue weighted by atomic mass is 16.7. The molecule has 29 heavy (non-hydrogen) atoms. The van der Waals surface area contributed by atoms with Gasteiger partial charge in [-0.15, -0.1) is 0 Å². The van der Waals surface area contributed by atoms with Crippen molar-refractivity contribution in [2.45, 2.75) is 19.4 Å². The molecule has 0 radical (unpaired) electrons. The molecular formula is C23H23N3O3. The summed E-state index contributed by atoms with van der Waals surface area (Å²) >= 11 is 0. The maximum atomic E-state index is 12.5. The SMILES string of the molecule is O=C(NCc1ccc2c(c1)OCO2)c1ccnc(NCCCc2ccccc2)c1. The van der Waals surface area contributed by atoms with E-state index in [2.05, 4.69) is 39.9 Å². The molecule has 2 aromatic carbocycles. The Balaban J connectivity index is 1.26. The molecule has 0 fully saturated rings. The first kappa shape index (κ1) is 18.8. The van der Waals surface area contributed by atoms with Gasteiger partial charge in [-0.25, -0.2) is 4.98 Å². The van der Waals surface area contributed by atoms with Crippen LogP contribution in [0.2, 0.25) is 0 Å². The maximum absolute atomic E-state index is 12.5. The third-order valence-electron chi connectivity index (χ3n) is 4.70. The zero-order valence-corrected chi connectivity index (χ0v) is 16.1. The first-order valence-corrected chi connectivity index (χ1v) is 9.68. The molecule has 1 aromatic heterocycles. The van der Waals surface area contributed by atoms with Gasteiger partial charge in [-0.3, -0.25) is 4.79 Å². The quantitative estimate of drug-likeness (QED) is 0.574. The van der Waals surface area contributed by atoms with Crippen LogP contribution in [-0.4, -0.2) is 24.2 Å². The van der Waals surface area contributed by atoms with Crippen LogP contribution in [-0.2, 0) is 13.0 Å². The molecule has 0 atom stereocenters. The van der Waals surface area contributed by atoms with Crippen LogP contribution in [0.3, 0.4) is 0 Å². The predicted molar refractivity (Wildman–Crippen MR) is 111 cm³/mol. The number of aryl methyl sites for hydroxylation is 1. The van der Waals surface area contributed by atoms with Crippen molar-refractivity contribution < 1.29 is 14.3 Å². The summed E-state index contributed by atoms with van der Waals surface area (Å²) in [4.78, 5) is 16.8. The third kappa shape index (κ3) is 5.04. The van der Waals surface area contributed by atoms with Gasteiger partial charge in [-0.1, -0.05) is 36.4 Å². The van der Waals surface area contributed by atoms with Crippen molar-refractivity contribution in [2.75, 3.05) is 18.7 Å². The van der Waals surface area contributed by atoms with Gasteiger partial charge < -0.3 is 20.1 Å². The molecule has 0 bridgehead atoms. The molecule has 3 aromatic rings. The van der Waals surface area contributed by atoms with Crippen molar-refractivity contribution in [3.05, 3.63) is 83.6 Å². The van der Waals surface area contributed by atoms with Crippen LogP contribution in [0.15, 0.2) is 66.9 Å². The molecule has 6 nitrogen and oxygen atoms in total. The van der Waals surface area contributed by atoms with E-state index in [9.17, 15) is 4.79 Å². The minimum Gasteiger partial charge on any atom is -0.454 e. The highest BCUT2D eigenvalue weighted by molar-refractivity contribution is 5.94. The summed E-state index contributed by atoms with van der Waals surface area (Å²) < 4.78 is 10.7. The Morgan fingerprint density at radius 2 is 1.83 bits per heavy atom. The fourth-order valence-corrected chi connectivity index (χ4v) is 3.16. The Hall–Kier alpha value is -3.54. The van der Waals surface area contributed by atoms with Crippen LogP contribution in [0.5, 0.6) is 11.5 Å². The Morgan fingerprint density at radius 3 is 2.72 bits per heavy atom. The van der Waals surface area contributed by atoms with E-state index in [1.807, 2.05) is 24.3 Å². The van der Waals surface area contributed by atoms with E-state index in [1.165, 1.54) is 5.56 Å². The highest BCUT2D eigenvalue weighted by Crippen LogP contribution is 2.32. The zero-order chi connectivity index (χ0) is 19.9. The molecule has 4 rings (SSSR count). The van der Waals surface area contributed by atoms with Crippen LogP contribution in [0, 0.1) is 0 Å². The Morgan fingerprint density at radius 1 is 0.966 bits per heavy atom. The summed E-state index contributed by atoms with van der Waals surface area (Å²) in [5, 5.41) is 6.22. The summed E-state index contributed by atoms with van der Waals surface area (Å²) in [6.07, 6.45) is 3.64. The van der Waals surface area contributed by atoms with E-state index in [0.717, 1.165) is 30.7 Å². The molecule has 2 heterocycles. The summed E-state index contributed by atoms with van der Waals surface area (Å²) in [6.45, 7) is 1.45. The van der Waals surface area contributed by atoms with Crippen LogP contribution < -0.4 is 20.1 Å². The largest absolute Gasteiger partial charge is 0.454 e. The highest BCUT2D eigenvalue weighted by Gasteiger charge is 2.14. The number of nitrogens with zero attached hydrogens (tertiary/aromatic N) is 1. The fraction of sp³-hybridized carbons (Fsp3) is 0.217. The number of benzene rings is 2. The molecule has 1 amide bonds. The van der Waals surface area contributed by atoms with Gasteiger partial charge >= 0.3 is 0 Å². The smallest absolute Gasteiger partial charge is 0.251 e. The number of carbonyl (C=O) groups is 1. The number of pyridine rings is 1. The molecule has 1 aliphatic heterocycles. The van der Waals surface area contributed by atoms with Gasteiger partial charge in [0.05, 0.1) is 0 Å². The first-order valence-electron chi connectivity index (χ1n) is 9.68. The molecular weight excluding hydrogens is 366 g/mol. The Kier molecular flexibility index (Phi) is 5.90. The van der Waals surface area contributed by atoms with Crippen molar-refractivity contribution >= 4 is 11.7 Å². The lowest BCUT2D eigenvalue weighted by Gasteiger charge is -2.09. The topological polar surface area (TPSA) is 72.5 Å². The number of carbonyl (C=O) groups excluding carboxylic acids is 1. The summed E-state index contributed by atoms with van der Waals surface area (Å²) in [5.41, 5.74) is 2.85. The Bertz CT molecular complexity index is 976. The first-order chi connectivity index (χ1) is 14.3. The van der Waals surface area contributed by atoms with Crippen LogP contribution in [0.25, 0.3) is 0 Å². The van der Waals surface area contributed by atoms with Crippen molar-refractivity contribution in [3.63, 3.8) is 0 Å². The van der Waals surface area contributed by atoms with Gasteiger partial charge in [0, 0.05) is 24.8 Å². The molecule has 2 N–H and O–H groups in total. The predicted octanol–water partition coefficient (Wildman–Crippen LogP) is 3.79. The van der Waals surface area contributed by atoms with Crippen molar-refractivity contribution in [3.8, 4) is 11.5 Å². The zero-order valence-electron chi connectivity index (χ0n) is 16.1. The van der Waals surface area contributed by atoms with E-state index >= 15 is 0 Å². The van der Waals surface area contributed by atoms with Crippen LogP contribution >= 0.6 is 0 Å². The van der Waals surface area contributed by atoms with E-state index in [4.69, 9.17) is 9.47 Å². The summed E-state index contributed by atoms with van der Waals surface area (Å²) in [5.74, 6) is 2.01. The molecule has 0 saturated heterocycles. The average molecular weight is 389 g/mol. The molecule has 0 unspecified atom stereocenters. The van der Waals surface area contributed by atoms with Gasteiger partial charge in [0.25, 0.3) is 5.91 Å². The number of ether oxygens (including phenoxy) is 2. The van der Waals surface area contributed by atoms with Gasteiger partial charge in [0.2, 0.25) is 6.79 Å². The number of nitrogens with one attached hydrogen (secondary N) is 2. The second-order valence-corrected chi connectivity index (χ2v) is 6.82. The van der Waals surface area contributed by atoms with Gasteiger partial charge in [0.1, 0.15) is 5.82 Å². The number of fused-ring (bicyclic) bond motifs is 1. The normalized spacial score (nSPS) is 11.9. The standard InChI is InChI=1S/C23H23N3O3/c27-23(26-15-18-8-9-20-21(13-18)29-16-28-20)19-10-12-25-22(14-19)24-11-4-7-17-5-2-1-3-6-17/h1-3,5-6,8-10,12-14H,4,7,11,15-16H2,(H,24,25)(H,26,27). The van der Waals surface area contributed by atoms with E-state index in [0.29, 0.717) is 23.7 Å². The van der Waals surface area contributed by atoms with E-state index < -0.39 is 0 Å². The number of rotatable bonds is 8. The number of hydrogen-bond acceptors (Lipinski definition) is 5. The second-order valence-electron chi connectivity index (χ2n) is 6.82. The van der Waals surface area contributed by atoms with Crippen LogP contribution in [0.4, 0.5) is 5.82 Å². The second kappa shape index (κ2) is 9.10. The summed E-state index contributed by atoms with van der Waals surface area (Å²) in [6, 6.07) is 19.5. The van der Waals surface area contributed by atoms with Crippen molar-refractivity contribution in [1.29, 1.82) is 0 Å². The monoisotopic (exact) mass is 389 g/mol. The molecule has 0 spiro atoms. The molecule has 0 aliphatic carbocycles. The average Bonchev–Trinajstić information content (AvgIpc) is 3.24. The van der Waals surface area contributed by atoms with Crippen molar-refractivity contribution in [1.82, 2.24) is 10.3 Å². The fourth-order valence-electron chi connectivity index (χ4n) is 3.16. The molecule has 1 aliphatic rings. The minimum atomic E-state index is -0.141. The maximum Gasteiger partial charge on any atom is 0.251 e. The van der Waals surface area contributed by atoms with Gasteiger partial charge in [-0.05, 0) is 48.2 Å². The lowest BCUT2D eigenvalue weighted by Crippen LogP contribution is -2.23. The minimum absolute atomic E-state index is 0.141. The van der Waals surface area contributed by atoms with E-state index in [-0.39, 0.29) is 12.7 Å². The van der Waals surface area contributed by atoms with Gasteiger partial charge in [-0.2, -0.15) is 0 Å². The molecule has 0 saturated carbocycles. The van der Waals surface area contributed by atoms with Crippen molar-refractivity contribution in [2.24, 2.45) is 0 Å². The van der Waals surface area contributed by atoms with Crippen LogP contribution in [0.1, 0.15) is 27.9 Å². The number of anilines is 1. The number of aromatic nitrogens is 1. The Labute approximate surface area is 169 Å². The molecule has 148 valence electrons. The molecule has 6 heteroatoms.